The van der Waals surface area contributed by atoms with Crippen molar-refractivity contribution in [3.63, 3.8) is 0 Å². The van der Waals surface area contributed by atoms with Crippen LogP contribution in [0.3, 0.4) is 0 Å². The zero-order valence-electron chi connectivity index (χ0n) is 14.5. The second-order valence-electron chi connectivity index (χ2n) is 5.62. The summed E-state index contributed by atoms with van der Waals surface area (Å²) in [6.45, 7) is 6.51. The van der Waals surface area contributed by atoms with Crippen molar-refractivity contribution in [2.75, 3.05) is 18.5 Å². The van der Waals surface area contributed by atoms with Gasteiger partial charge in [0.2, 0.25) is 5.95 Å². The molecule has 25 heavy (non-hydrogen) atoms. The third kappa shape index (κ3) is 3.19. The number of aromatic nitrogens is 4. The Kier molecular flexibility index (Phi) is 4.97. The first-order chi connectivity index (χ1) is 12.2. The standard InChI is InChI=1S/C17H21N5O3/c1-4-10-25-13-9-7-6-8-12(13)15-14(16(23)24-5-2)11(3)18-17-19-20-21-22(15)17/h6-9,15H,4-5,10H2,1-3H3,(H,18,19,21)/t15-/m1/s1. The van der Waals surface area contributed by atoms with Gasteiger partial charge in [-0.25, -0.2) is 4.79 Å². The fraction of sp³-hybridized carbons (Fsp3) is 0.412. The number of carbonyl (C=O) groups excluding carboxylic acids is 1. The molecule has 132 valence electrons. The molecule has 8 heteroatoms. The molecular weight excluding hydrogens is 322 g/mol. The minimum atomic E-state index is -0.515. The first-order valence-electron chi connectivity index (χ1n) is 8.31. The van der Waals surface area contributed by atoms with Gasteiger partial charge in [-0.2, -0.15) is 4.68 Å². The second kappa shape index (κ2) is 7.33. The molecule has 0 fully saturated rings. The molecule has 1 atom stereocenters. The highest BCUT2D eigenvalue weighted by molar-refractivity contribution is 5.92. The molecule has 1 aliphatic heterocycles. The summed E-state index contributed by atoms with van der Waals surface area (Å²) in [4.78, 5) is 12.6. The molecule has 2 aromatic rings. The number of hydrogen-bond acceptors (Lipinski definition) is 7. The summed E-state index contributed by atoms with van der Waals surface area (Å²) >= 11 is 0. The summed E-state index contributed by atoms with van der Waals surface area (Å²) in [5.74, 6) is 0.775. The van der Waals surface area contributed by atoms with Crippen LogP contribution < -0.4 is 10.1 Å². The van der Waals surface area contributed by atoms with Crippen LogP contribution in [0, 0.1) is 0 Å². The molecule has 0 aliphatic carbocycles. The molecule has 1 N–H and O–H groups in total. The monoisotopic (exact) mass is 343 g/mol. The molecule has 1 aromatic heterocycles. The number of hydrogen-bond donors (Lipinski definition) is 1. The van der Waals surface area contributed by atoms with Gasteiger partial charge in [-0.15, -0.1) is 0 Å². The highest BCUT2D eigenvalue weighted by Crippen LogP contribution is 2.38. The zero-order valence-corrected chi connectivity index (χ0v) is 14.5. The van der Waals surface area contributed by atoms with Gasteiger partial charge < -0.3 is 14.8 Å². The molecule has 0 radical (unpaired) electrons. The van der Waals surface area contributed by atoms with Crippen LogP contribution in [0.15, 0.2) is 35.5 Å². The smallest absolute Gasteiger partial charge is 0.338 e. The lowest BCUT2D eigenvalue weighted by Crippen LogP contribution is -2.30. The van der Waals surface area contributed by atoms with E-state index >= 15 is 0 Å². The Hall–Kier alpha value is -2.90. The third-order valence-electron chi connectivity index (χ3n) is 3.88. The number of tetrazole rings is 1. The van der Waals surface area contributed by atoms with E-state index in [9.17, 15) is 4.79 Å². The highest BCUT2D eigenvalue weighted by Gasteiger charge is 2.36. The maximum atomic E-state index is 12.6. The summed E-state index contributed by atoms with van der Waals surface area (Å²) in [7, 11) is 0. The van der Waals surface area contributed by atoms with Gasteiger partial charge in [0.05, 0.1) is 18.8 Å². The van der Waals surface area contributed by atoms with E-state index < -0.39 is 12.0 Å². The van der Waals surface area contributed by atoms with Crippen LogP contribution in [0.1, 0.15) is 38.8 Å². The van der Waals surface area contributed by atoms with E-state index in [1.165, 1.54) is 0 Å². The lowest BCUT2D eigenvalue weighted by Gasteiger charge is -2.28. The minimum absolute atomic E-state index is 0.290. The van der Waals surface area contributed by atoms with Gasteiger partial charge in [-0.1, -0.05) is 30.2 Å². The van der Waals surface area contributed by atoms with Crippen LogP contribution in [0.2, 0.25) is 0 Å². The number of benzene rings is 1. The van der Waals surface area contributed by atoms with Crippen molar-refractivity contribution in [2.45, 2.75) is 33.2 Å². The number of allylic oxidation sites excluding steroid dienone is 1. The fourth-order valence-corrected chi connectivity index (χ4v) is 2.82. The van der Waals surface area contributed by atoms with Crippen LogP contribution in [0.4, 0.5) is 5.95 Å². The van der Waals surface area contributed by atoms with E-state index in [0.717, 1.165) is 12.0 Å². The van der Waals surface area contributed by atoms with Gasteiger partial charge in [-0.05, 0) is 36.8 Å². The average molecular weight is 343 g/mol. The molecule has 0 bridgehead atoms. The topological polar surface area (TPSA) is 91.2 Å². The maximum absolute atomic E-state index is 12.6. The largest absolute Gasteiger partial charge is 0.493 e. The van der Waals surface area contributed by atoms with Crippen LogP contribution in [-0.2, 0) is 9.53 Å². The lowest BCUT2D eigenvalue weighted by atomic mass is 9.95. The summed E-state index contributed by atoms with van der Waals surface area (Å²) in [6, 6.07) is 7.08. The predicted molar refractivity (Wildman–Crippen MR) is 91.1 cm³/mol. The van der Waals surface area contributed by atoms with Gasteiger partial charge in [0, 0.05) is 11.3 Å². The summed E-state index contributed by atoms with van der Waals surface area (Å²) < 4.78 is 12.7. The van der Waals surface area contributed by atoms with Crippen LogP contribution in [0.25, 0.3) is 0 Å². The molecule has 0 amide bonds. The van der Waals surface area contributed by atoms with E-state index in [1.807, 2.05) is 38.1 Å². The molecule has 2 heterocycles. The first kappa shape index (κ1) is 16.9. The van der Waals surface area contributed by atoms with Gasteiger partial charge >= 0.3 is 5.97 Å². The zero-order chi connectivity index (χ0) is 17.8. The number of nitrogens with zero attached hydrogens (tertiary/aromatic N) is 4. The van der Waals surface area contributed by atoms with Crippen LogP contribution in [0.5, 0.6) is 5.75 Å². The molecule has 0 spiro atoms. The summed E-state index contributed by atoms with van der Waals surface area (Å²) in [6.07, 6.45) is 0.885. The molecule has 8 nitrogen and oxygen atoms in total. The maximum Gasteiger partial charge on any atom is 0.338 e. The van der Waals surface area contributed by atoms with Crippen molar-refractivity contribution in [2.24, 2.45) is 0 Å². The molecule has 0 unspecified atom stereocenters. The number of ether oxygens (including phenoxy) is 2. The Bertz CT molecular complexity index is 799. The quantitative estimate of drug-likeness (QED) is 0.805. The molecule has 1 aliphatic rings. The van der Waals surface area contributed by atoms with Gasteiger partial charge in [0.1, 0.15) is 11.8 Å². The first-order valence-corrected chi connectivity index (χ1v) is 8.31. The molecular formula is C17H21N5O3. The SMILES string of the molecule is CCCOc1ccccc1[C@@H]1C(C(=O)OCC)=C(C)Nc2nnnn21. The Morgan fingerprint density at radius 3 is 2.88 bits per heavy atom. The number of anilines is 1. The average Bonchev–Trinajstić information content (AvgIpc) is 3.07. The van der Waals surface area contributed by atoms with E-state index in [0.29, 0.717) is 36.2 Å². The Labute approximate surface area is 145 Å². The summed E-state index contributed by atoms with van der Waals surface area (Å²) in [5, 5.41) is 14.8. The second-order valence-corrected chi connectivity index (χ2v) is 5.62. The van der Waals surface area contributed by atoms with E-state index in [-0.39, 0.29) is 0 Å². The summed E-state index contributed by atoms with van der Waals surface area (Å²) in [5.41, 5.74) is 1.94. The van der Waals surface area contributed by atoms with Crippen molar-refractivity contribution < 1.29 is 14.3 Å². The number of rotatable bonds is 6. The minimum Gasteiger partial charge on any atom is -0.493 e. The lowest BCUT2D eigenvalue weighted by molar-refractivity contribution is -0.139. The van der Waals surface area contributed by atoms with Crippen molar-refractivity contribution in [1.29, 1.82) is 0 Å². The normalized spacial score (nSPS) is 16.2. The predicted octanol–water partition coefficient (Wildman–Crippen LogP) is 2.31. The van der Waals surface area contributed by atoms with E-state index in [1.54, 1.807) is 11.6 Å². The molecule has 0 saturated heterocycles. The Morgan fingerprint density at radius 2 is 2.12 bits per heavy atom. The Morgan fingerprint density at radius 1 is 1.32 bits per heavy atom. The molecule has 0 saturated carbocycles. The van der Waals surface area contributed by atoms with Gasteiger partial charge in [0.25, 0.3) is 0 Å². The van der Waals surface area contributed by atoms with E-state index in [4.69, 9.17) is 9.47 Å². The third-order valence-corrected chi connectivity index (χ3v) is 3.88. The molecule has 1 aromatic carbocycles. The van der Waals surface area contributed by atoms with Crippen molar-refractivity contribution >= 4 is 11.9 Å². The number of fused-ring (bicyclic) bond motifs is 1. The molecule has 3 rings (SSSR count). The number of esters is 1. The Balaban J connectivity index is 2.12. The van der Waals surface area contributed by atoms with Crippen molar-refractivity contribution in [3.8, 4) is 5.75 Å². The van der Waals surface area contributed by atoms with Crippen molar-refractivity contribution in [3.05, 3.63) is 41.1 Å². The highest BCUT2D eigenvalue weighted by atomic mass is 16.5. The fourth-order valence-electron chi connectivity index (χ4n) is 2.82. The van der Waals surface area contributed by atoms with Crippen molar-refractivity contribution in [1.82, 2.24) is 20.2 Å². The van der Waals surface area contributed by atoms with Crippen LogP contribution in [-0.4, -0.2) is 39.4 Å². The van der Waals surface area contributed by atoms with Gasteiger partial charge in [-0.3, -0.25) is 0 Å². The van der Waals surface area contributed by atoms with E-state index in [2.05, 4.69) is 20.8 Å². The number of carbonyl (C=O) groups is 1. The van der Waals surface area contributed by atoms with Crippen LogP contribution >= 0.6 is 0 Å². The number of para-hydroxylation sites is 1. The van der Waals surface area contributed by atoms with Gasteiger partial charge in [0.15, 0.2) is 0 Å². The number of nitrogens with one attached hydrogen (secondary N) is 1.